The van der Waals surface area contributed by atoms with Crippen LogP contribution in [0.3, 0.4) is 0 Å². The molecule has 7 nitrogen and oxygen atoms in total. The normalized spacial score (nSPS) is 17.5. The molecule has 3 aromatic heterocycles. The first kappa shape index (κ1) is 17.0. The van der Waals surface area contributed by atoms with Crippen LogP contribution in [0.15, 0.2) is 48.9 Å². The van der Waals surface area contributed by atoms with Crippen LogP contribution in [0.4, 0.5) is 11.8 Å². The molecule has 28 heavy (non-hydrogen) atoms. The summed E-state index contributed by atoms with van der Waals surface area (Å²) in [6.45, 7) is 5.30. The van der Waals surface area contributed by atoms with Gasteiger partial charge in [0.25, 0.3) is 5.91 Å². The van der Waals surface area contributed by atoms with E-state index in [1.807, 2.05) is 29.3 Å². The van der Waals surface area contributed by atoms with Crippen LogP contribution in [0.2, 0.25) is 0 Å². The van der Waals surface area contributed by atoms with Crippen molar-refractivity contribution in [1.82, 2.24) is 19.3 Å². The smallest absolute Gasteiger partial charge is 0.255 e. The standard InChI is InChI=1S/C21H24N6O/c28-20(25-10-1-2-11-25)17-4-5-18-6-7-19(27(18)16-17)24-12-14-26(15-13-24)21-22-8-3-9-23-21/h3-9,16H,1-2,10-15H2. The van der Waals surface area contributed by atoms with Gasteiger partial charge in [0.2, 0.25) is 5.95 Å². The van der Waals surface area contributed by atoms with Crippen LogP contribution in [-0.4, -0.2) is 64.4 Å². The lowest BCUT2D eigenvalue weighted by Gasteiger charge is -2.35. The molecule has 5 heterocycles. The molecule has 0 aromatic carbocycles. The molecule has 1 amide bonds. The van der Waals surface area contributed by atoms with E-state index < -0.39 is 0 Å². The summed E-state index contributed by atoms with van der Waals surface area (Å²) < 4.78 is 2.15. The molecule has 0 saturated carbocycles. The Hall–Kier alpha value is -3.09. The third kappa shape index (κ3) is 3.06. The van der Waals surface area contributed by atoms with Crippen molar-refractivity contribution >= 4 is 23.2 Å². The first-order chi connectivity index (χ1) is 13.8. The van der Waals surface area contributed by atoms with Crippen LogP contribution < -0.4 is 9.80 Å². The number of amides is 1. The Morgan fingerprint density at radius 2 is 1.50 bits per heavy atom. The summed E-state index contributed by atoms with van der Waals surface area (Å²) in [6.07, 6.45) is 7.79. The predicted molar refractivity (Wildman–Crippen MR) is 109 cm³/mol. The fourth-order valence-corrected chi connectivity index (χ4v) is 4.16. The van der Waals surface area contributed by atoms with E-state index in [9.17, 15) is 4.79 Å². The molecule has 0 spiro atoms. The van der Waals surface area contributed by atoms with Gasteiger partial charge in [0.15, 0.2) is 0 Å². The number of carbonyl (C=O) groups is 1. The molecule has 2 aliphatic heterocycles. The van der Waals surface area contributed by atoms with Crippen LogP contribution in [0.5, 0.6) is 0 Å². The Labute approximate surface area is 164 Å². The topological polar surface area (TPSA) is 57.0 Å². The summed E-state index contributed by atoms with van der Waals surface area (Å²) in [5, 5.41) is 0. The summed E-state index contributed by atoms with van der Waals surface area (Å²) >= 11 is 0. The zero-order valence-electron chi connectivity index (χ0n) is 15.9. The van der Waals surface area contributed by atoms with Gasteiger partial charge in [-0.3, -0.25) is 4.79 Å². The third-order valence-corrected chi connectivity index (χ3v) is 5.71. The summed E-state index contributed by atoms with van der Waals surface area (Å²) in [7, 11) is 0. The minimum atomic E-state index is 0.144. The van der Waals surface area contributed by atoms with Gasteiger partial charge in [0.1, 0.15) is 5.82 Å². The summed E-state index contributed by atoms with van der Waals surface area (Å²) in [6, 6.07) is 10.1. The molecule has 0 aliphatic carbocycles. The lowest BCUT2D eigenvalue weighted by molar-refractivity contribution is 0.0792. The fourth-order valence-electron chi connectivity index (χ4n) is 4.16. The first-order valence-electron chi connectivity index (χ1n) is 9.97. The Balaban J connectivity index is 1.36. The highest BCUT2D eigenvalue weighted by Crippen LogP contribution is 2.23. The van der Waals surface area contributed by atoms with Gasteiger partial charge in [-0.2, -0.15) is 0 Å². The summed E-state index contributed by atoms with van der Waals surface area (Å²) in [4.78, 5) is 28.0. The summed E-state index contributed by atoms with van der Waals surface area (Å²) in [5.74, 6) is 2.07. The first-order valence-corrected chi connectivity index (χ1v) is 9.97. The minimum Gasteiger partial charge on any atom is -0.354 e. The van der Waals surface area contributed by atoms with Crippen molar-refractivity contribution in [3.05, 3.63) is 54.5 Å². The van der Waals surface area contributed by atoms with E-state index in [1.165, 1.54) is 0 Å². The minimum absolute atomic E-state index is 0.144. The molecule has 144 valence electrons. The predicted octanol–water partition coefficient (Wildman–Crippen LogP) is 2.29. The van der Waals surface area contributed by atoms with Crippen molar-refractivity contribution in [3.8, 4) is 0 Å². The van der Waals surface area contributed by atoms with Gasteiger partial charge in [0.05, 0.1) is 5.56 Å². The van der Waals surface area contributed by atoms with Crippen LogP contribution >= 0.6 is 0 Å². The second kappa shape index (κ2) is 7.14. The highest BCUT2D eigenvalue weighted by Gasteiger charge is 2.23. The Bertz CT molecular complexity index is 971. The summed E-state index contributed by atoms with van der Waals surface area (Å²) in [5.41, 5.74) is 1.88. The molecule has 2 fully saturated rings. The van der Waals surface area contributed by atoms with E-state index >= 15 is 0 Å². The zero-order chi connectivity index (χ0) is 18.9. The zero-order valence-corrected chi connectivity index (χ0v) is 15.9. The number of rotatable bonds is 3. The second-order valence-electron chi connectivity index (χ2n) is 7.43. The lowest BCUT2D eigenvalue weighted by Crippen LogP contribution is -2.47. The van der Waals surface area contributed by atoms with Gasteiger partial charge in [-0.1, -0.05) is 0 Å². The van der Waals surface area contributed by atoms with Gasteiger partial charge in [-0.25, -0.2) is 9.97 Å². The van der Waals surface area contributed by atoms with Gasteiger partial charge in [-0.15, -0.1) is 0 Å². The van der Waals surface area contributed by atoms with Gasteiger partial charge < -0.3 is 19.1 Å². The van der Waals surface area contributed by atoms with Crippen LogP contribution in [0, 0.1) is 0 Å². The quantitative estimate of drug-likeness (QED) is 0.702. The van der Waals surface area contributed by atoms with Crippen LogP contribution in [0.25, 0.3) is 5.52 Å². The van der Waals surface area contributed by atoms with E-state index in [-0.39, 0.29) is 5.91 Å². The molecular weight excluding hydrogens is 352 g/mol. The van der Waals surface area contributed by atoms with Crippen LogP contribution in [-0.2, 0) is 0 Å². The van der Waals surface area contributed by atoms with E-state index in [0.29, 0.717) is 0 Å². The van der Waals surface area contributed by atoms with Crippen molar-refractivity contribution in [2.45, 2.75) is 12.8 Å². The maximum Gasteiger partial charge on any atom is 0.255 e. The highest BCUT2D eigenvalue weighted by atomic mass is 16.2. The molecule has 5 rings (SSSR count). The maximum absolute atomic E-state index is 12.8. The third-order valence-electron chi connectivity index (χ3n) is 5.71. The largest absolute Gasteiger partial charge is 0.354 e. The maximum atomic E-state index is 12.8. The number of hydrogen-bond donors (Lipinski definition) is 0. The number of piperazine rings is 1. The fraction of sp³-hybridized carbons (Fsp3) is 0.381. The average molecular weight is 376 g/mol. The molecule has 0 N–H and O–H groups in total. The van der Waals surface area contributed by atoms with Gasteiger partial charge >= 0.3 is 0 Å². The number of likely N-dealkylation sites (tertiary alicyclic amines) is 1. The number of anilines is 2. The number of pyridine rings is 1. The number of hydrogen-bond acceptors (Lipinski definition) is 5. The van der Waals surface area contributed by atoms with Crippen molar-refractivity contribution in [2.24, 2.45) is 0 Å². The van der Waals surface area contributed by atoms with E-state index in [2.05, 4.69) is 36.3 Å². The molecule has 2 saturated heterocycles. The van der Waals surface area contributed by atoms with Crippen molar-refractivity contribution in [3.63, 3.8) is 0 Å². The molecule has 0 bridgehead atoms. The van der Waals surface area contributed by atoms with Crippen LogP contribution in [0.1, 0.15) is 23.2 Å². The molecule has 0 unspecified atom stereocenters. The molecule has 0 radical (unpaired) electrons. The van der Waals surface area contributed by atoms with Crippen molar-refractivity contribution in [1.29, 1.82) is 0 Å². The molecule has 3 aromatic rings. The van der Waals surface area contributed by atoms with Gasteiger partial charge in [-0.05, 0) is 43.2 Å². The Morgan fingerprint density at radius 3 is 2.25 bits per heavy atom. The second-order valence-corrected chi connectivity index (χ2v) is 7.43. The number of aromatic nitrogens is 3. The van der Waals surface area contributed by atoms with E-state index in [4.69, 9.17) is 0 Å². The SMILES string of the molecule is O=C(c1ccc2ccc(N3CCN(c4ncccn4)CC3)n2c1)N1CCCC1. The van der Waals surface area contributed by atoms with E-state index in [0.717, 1.165) is 75.0 Å². The highest BCUT2D eigenvalue weighted by molar-refractivity contribution is 5.94. The van der Waals surface area contributed by atoms with Gasteiger partial charge in [0, 0.05) is 63.4 Å². The number of fused-ring (bicyclic) bond motifs is 1. The Kier molecular flexibility index (Phi) is 4.35. The molecule has 2 aliphatic rings. The molecular formula is C21H24N6O. The van der Waals surface area contributed by atoms with E-state index in [1.54, 1.807) is 12.4 Å². The molecule has 7 heteroatoms. The van der Waals surface area contributed by atoms with Crippen molar-refractivity contribution in [2.75, 3.05) is 49.1 Å². The lowest BCUT2D eigenvalue weighted by atomic mass is 10.2. The Morgan fingerprint density at radius 1 is 0.821 bits per heavy atom. The average Bonchev–Trinajstić information content (AvgIpc) is 3.44. The number of nitrogens with zero attached hydrogens (tertiary/aromatic N) is 6. The van der Waals surface area contributed by atoms with Crippen molar-refractivity contribution < 1.29 is 4.79 Å². The number of carbonyl (C=O) groups excluding carboxylic acids is 1. The monoisotopic (exact) mass is 376 g/mol. The molecule has 0 atom stereocenters.